The Morgan fingerprint density at radius 2 is 1.76 bits per heavy atom. The lowest BCUT2D eigenvalue weighted by molar-refractivity contribution is -0.148. The highest BCUT2D eigenvalue weighted by Gasteiger charge is 2.43. The van der Waals surface area contributed by atoms with Crippen molar-refractivity contribution in [2.24, 2.45) is 16.9 Å². The summed E-state index contributed by atoms with van der Waals surface area (Å²) in [6.45, 7) is 3.51. The second kappa shape index (κ2) is 12.4. The number of aromatic nitrogens is 1. The molecule has 0 atom stereocenters. The van der Waals surface area contributed by atoms with Crippen LogP contribution in [0.3, 0.4) is 0 Å². The average molecular weight is 617 g/mol. The topological polar surface area (TPSA) is 184 Å². The van der Waals surface area contributed by atoms with Crippen LogP contribution in [-0.2, 0) is 32.2 Å². The van der Waals surface area contributed by atoms with Gasteiger partial charge < -0.3 is 26.1 Å². The number of nitrogens with two attached hydrogens (primary N) is 2. The Morgan fingerprint density at radius 3 is 2.29 bits per heavy atom. The fourth-order valence-electron chi connectivity index (χ4n) is 5.31. The lowest BCUT2D eigenvalue weighted by atomic mass is 9.75. The molecule has 0 radical (unpaired) electrons. The van der Waals surface area contributed by atoms with Gasteiger partial charge in [-0.25, -0.2) is 0 Å². The molecule has 1 heterocycles. The van der Waals surface area contributed by atoms with Crippen LogP contribution in [0.2, 0.25) is 0 Å². The van der Waals surface area contributed by atoms with Crippen LogP contribution in [-0.4, -0.2) is 60.1 Å². The van der Waals surface area contributed by atoms with E-state index in [4.69, 9.17) is 20.8 Å². The number of benzene rings is 1. The van der Waals surface area contributed by atoms with E-state index in [-0.39, 0.29) is 42.7 Å². The standard InChI is InChI=1S/C26H31F3N4O4.CH4O3S/c1-25(2)10-20-23(21(34)11-25)18(26(27,28)29)13-33(20)15-5-8-17(24(31)36)19(9-15)32-14-3-6-16(7-4-14)37-22(35)12-30;1-5(2,3)4/h5,8-9,13-14,16,32H,3-4,6-7,10-12,30H2,1-2H3,(H2,31,36);1H3,(H,2,3,4). The maximum Gasteiger partial charge on any atom is 0.418 e. The first-order valence-electron chi connectivity index (χ1n) is 13.2. The van der Waals surface area contributed by atoms with Crippen LogP contribution >= 0.6 is 0 Å². The lowest BCUT2D eigenvalue weighted by Crippen LogP contribution is -2.33. The van der Waals surface area contributed by atoms with Gasteiger partial charge in [-0.15, -0.1) is 0 Å². The zero-order valence-corrected chi connectivity index (χ0v) is 24.3. The molecule has 0 saturated heterocycles. The van der Waals surface area contributed by atoms with Crippen molar-refractivity contribution in [2.45, 2.75) is 70.7 Å². The smallest absolute Gasteiger partial charge is 0.418 e. The number of alkyl halides is 3. The second-order valence-corrected chi connectivity index (χ2v) is 12.8. The molecule has 1 aromatic carbocycles. The summed E-state index contributed by atoms with van der Waals surface area (Å²) in [5.74, 6) is -1.67. The molecule has 2 aliphatic carbocycles. The molecule has 42 heavy (non-hydrogen) atoms. The summed E-state index contributed by atoms with van der Waals surface area (Å²) in [5, 5.41) is 3.30. The number of anilines is 1. The molecule has 2 aromatic rings. The van der Waals surface area contributed by atoms with Crippen molar-refractivity contribution in [3.05, 3.63) is 46.8 Å². The number of nitrogens with one attached hydrogen (secondary N) is 1. The Balaban J connectivity index is 0.000000892. The fourth-order valence-corrected chi connectivity index (χ4v) is 5.31. The van der Waals surface area contributed by atoms with Crippen molar-refractivity contribution >= 4 is 33.5 Å². The number of nitrogens with zero attached hydrogens (tertiary/aromatic N) is 1. The molecule has 11 nitrogen and oxygen atoms in total. The number of ether oxygens (including phenoxy) is 1. The summed E-state index contributed by atoms with van der Waals surface area (Å²) in [6.07, 6.45) is -0.429. The van der Waals surface area contributed by atoms with Crippen LogP contribution in [0.4, 0.5) is 18.9 Å². The Hall–Kier alpha value is -3.43. The first kappa shape index (κ1) is 33.1. The van der Waals surface area contributed by atoms with E-state index >= 15 is 0 Å². The van der Waals surface area contributed by atoms with E-state index < -0.39 is 44.9 Å². The number of ketones is 1. The summed E-state index contributed by atoms with van der Waals surface area (Å²) >= 11 is 0. The zero-order valence-electron chi connectivity index (χ0n) is 23.5. The van der Waals surface area contributed by atoms with Crippen LogP contribution in [0.25, 0.3) is 5.69 Å². The van der Waals surface area contributed by atoms with Gasteiger partial charge in [0, 0.05) is 35.7 Å². The van der Waals surface area contributed by atoms with E-state index in [9.17, 15) is 36.0 Å². The van der Waals surface area contributed by atoms with Gasteiger partial charge in [-0.2, -0.15) is 21.6 Å². The highest BCUT2D eigenvalue weighted by Crippen LogP contribution is 2.43. The molecule has 4 rings (SSSR count). The first-order chi connectivity index (χ1) is 19.3. The molecule has 1 amide bonds. The molecule has 0 spiro atoms. The number of carbonyl (C=O) groups is 3. The molecule has 0 bridgehead atoms. The monoisotopic (exact) mass is 616 g/mol. The maximum atomic E-state index is 13.9. The average Bonchev–Trinajstić information content (AvgIpc) is 3.23. The van der Waals surface area contributed by atoms with Crippen LogP contribution < -0.4 is 16.8 Å². The van der Waals surface area contributed by atoms with Crippen molar-refractivity contribution in [1.29, 1.82) is 0 Å². The van der Waals surface area contributed by atoms with Gasteiger partial charge in [0.25, 0.3) is 16.0 Å². The van der Waals surface area contributed by atoms with Gasteiger partial charge >= 0.3 is 12.1 Å². The SMILES string of the molecule is CC1(C)CC(=O)c2c(C(F)(F)F)cn(-c3ccc(C(N)=O)c(NC4CCC(OC(=O)CN)CC4)c3)c2C1.CS(=O)(=O)O. The molecular formula is C27H35F3N4O7S. The van der Waals surface area contributed by atoms with Crippen LogP contribution in [0, 0.1) is 5.41 Å². The maximum absolute atomic E-state index is 13.9. The molecule has 0 unspecified atom stereocenters. The van der Waals surface area contributed by atoms with Crippen LogP contribution in [0.15, 0.2) is 24.4 Å². The lowest BCUT2D eigenvalue weighted by Gasteiger charge is -2.31. The van der Waals surface area contributed by atoms with Crippen LogP contribution in [0.1, 0.15) is 77.9 Å². The van der Waals surface area contributed by atoms with Gasteiger partial charge in [0.05, 0.1) is 29.5 Å². The Kier molecular flexibility index (Phi) is 9.79. The minimum Gasteiger partial charge on any atom is -0.461 e. The largest absolute Gasteiger partial charge is 0.461 e. The van der Waals surface area contributed by atoms with Crippen molar-refractivity contribution in [2.75, 3.05) is 18.1 Å². The minimum atomic E-state index is -4.69. The van der Waals surface area contributed by atoms with Gasteiger partial charge in [-0.3, -0.25) is 18.9 Å². The van der Waals surface area contributed by atoms with Gasteiger partial charge in [0.15, 0.2) is 5.78 Å². The number of hydrogen-bond acceptors (Lipinski definition) is 8. The zero-order chi connectivity index (χ0) is 31.6. The number of amides is 1. The summed E-state index contributed by atoms with van der Waals surface area (Å²) in [4.78, 5) is 36.4. The van der Waals surface area contributed by atoms with E-state index in [0.29, 0.717) is 49.0 Å². The predicted molar refractivity (Wildman–Crippen MR) is 148 cm³/mol. The van der Waals surface area contributed by atoms with E-state index in [0.717, 1.165) is 6.20 Å². The van der Waals surface area contributed by atoms with E-state index in [2.05, 4.69) is 5.32 Å². The third-order valence-corrected chi connectivity index (χ3v) is 7.02. The quantitative estimate of drug-likeness (QED) is 0.279. The highest BCUT2D eigenvalue weighted by atomic mass is 32.2. The van der Waals surface area contributed by atoms with Crippen molar-refractivity contribution in [3.8, 4) is 5.69 Å². The summed E-state index contributed by atoms with van der Waals surface area (Å²) in [7, 11) is -3.67. The van der Waals surface area contributed by atoms with E-state index in [1.165, 1.54) is 16.7 Å². The molecular weight excluding hydrogens is 581 g/mol. The number of fused-ring (bicyclic) bond motifs is 1. The number of Topliss-reactive ketones (excluding diaryl/α,β-unsaturated/α-hetero) is 1. The Morgan fingerprint density at radius 1 is 1.17 bits per heavy atom. The molecule has 232 valence electrons. The number of hydrogen-bond donors (Lipinski definition) is 4. The van der Waals surface area contributed by atoms with E-state index in [1.54, 1.807) is 6.07 Å². The number of primary amides is 1. The van der Waals surface area contributed by atoms with Gasteiger partial charge in [0.1, 0.15) is 6.10 Å². The molecule has 1 fully saturated rings. The molecule has 1 saturated carbocycles. The number of halogens is 3. The highest BCUT2D eigenvalue weighted by molar-refractivity contribution is 7.85. The normalized spacial score (nSPS) is 20.1. The molecule has 6 N–H and O–H groups in total. The summed E-state index contributed by atoms with van der Waals surface area (Å²) in [5.41, 5.74) is 10.4. The van der Waals surface area contributed by atoms with E-state index in [1.807, 2.05) is 13.8 Å². The molecule has 2 aliphatic rings. The molecule has 0 aliphatic heterocycles. The minimum absolute atomic E-state index is 0.0315. The molecule has 15 heteroatoms. The third-order valence-electron chi connectivity index (χ3n) is 7.02. The number of carbonyl (C=O) groups excluding carboxylic acids is 3. The summed E-state index contributed by atoms with van der Waals surface area (Å²) in [6, 6.07) is 4.53. The number of rotatable bonds is 6. The van der Waals surface area contributed by atoms with Crippen molar-refractivity contribution in [3.63, 3.8) is 0 Å². The van der Waals surface area contributed by atoms with Crippen LogP contribution in [0.5, 0.6) is 0 Å². The van der Waals surface area contributed by atoms with Crippen molar-refractivity contribution in [1.82, 2.24) is 4.57 Å². The summed E-state index contributed by atoms with van der Waals surface area (Å²) < 4.78 is 74.2. The van der Waals surface area contributed by atoms with Gasteiger partial charge in [-0.1, -0.05) is 13.8 Å². The van der Waals surface area contributed by atoms with Gasteiger partial charge in [0.2, 0.25) is 0 Å². The molecule has 1 aromatic heterocycles. The Bertz CT molecular complexity index is 1450. The predicted octanol–water partition coefficient (Wildman–Crippen LogP) is 3.48. The third kappa shape index (κ3) is 8.55. The van der Waals surface area contributed by atoms with Crippen molar-refractivity contribution < 1.29 is 45.3 Å². The van der Waals surface area contributed by atoms with Gasteiger partial charge in [-0.05, 0) is 55.7 Å². The number of esters is 1. The first-order valence-corrected chi connectivity index (χ1v) is 15.0. The second-order valence-electron chi connectivity index (χ2n) is 11.3. The Labute approximate surface area is 241 Å². The fraction of sp³-hybridized carbons (Fsp3) is 0.519.